The predicted molar refractivity (Wildman–Crippen MR) is 76.0 cm³/mol. The smallest absolute Gasteiger partial charge is 0.421 e. The summed E-state index contributed by atoms with van der Waals surface area (Å²) in [6.45, 7) is 2.72. The van der Waals surface area contributed by atoms with Crippen LogP contribution in [0, 0.1) is 0 Å². The largest absolute Gasteiger partial charge is 0.496 e. The van der Waals surface area contributed by atoms with Crippen LogP contribution >= 0.6 is 0 Å². The minimum atomic E-state index is -4.71. The summed E-state index contributed by atoms with van der Waals surface area (Å²) in [5.74, 6) is -3.83. The van der Waals surface area contributed by atoms with Crippen LogP contribution in [0.25, 0.3) is 0 Å². The lowest BCUT2D eigenvalue weighted by atomic mass is 10.1. The highest BCUT2D eigenvalue weighted by Crippen LogP contribution is 2.41. The van der Waals surface area contributed by atoms with E-state index in [2.05, 4.69) is 5.32 Å². The van der Waals surface area contributed by atoms with Gasteiger partial charge in [0.1, 0.15) is 11.3 Å². The molecule has 130 valence electrons. The Morgan fingerprint density at radius 1 is 1.17 bits per heavy atom. The quantitative estimate of drug-likeness (QED) is 0.516. The Morgan fingerprint density at radius 2 is 1.75 bits per heavy atom. The molecule has 1 heterocycles. The zero-order chi connectivity index (χ0) is 18.1. The Bertz CT molecular complexity index is 688. The molecule has 9 heteroatoms. The monoisotopic (exact) mass is 345 g/mol. The number of ether oxygens (including phenoxy) is 3. The molecule has 0 aliphatic carbocycles. The van der Waals surface area contributed by atoms with Gasteiger partial charge in [-0.15, -0.1) is 0 Å². The third-order valence-corrected chi connectivity index (χ3v) is 3.02. The molecule has 24 heavy (non-hydrogen) atoms. The van der Waals surface area contributed by atoms with E-state index in [0.29, 0.717) is 0 Å². The Balaban J connectivity index is 2.36. The van der Waals surface area contributed by atoms with Gasteiger partial charge in [0, 0.05) is 20.0 Å². The van der Waals surface area contributed by atoms with Crippen LogP contribution in [0.4, 0.5) is 18.9 Å². The molecule has 1 aliphatic rings. The summed E-state index contributed by atoms with van der Waals surface area (Å²) in [6.07, 6.45) is -3.90. The van der Waals surface area contributed by atoms with Gasteiger partial charge in [-0.05, 0) is 12.1 Å². The van der Waals surface area contributed by atoms with Gasteiger partial charge in [0.25, 0.3) is 5.79 Å². The minimum absolute atomic E-state index is 0.389. The number of rotatable bonds is 3. The second-order valence-electron chi connectivity index (χ2n) is 5.26. The summed E-state index contributed by atoms with van der Waals surface area (Å²) in [4.78, 5) is 23.5. The van der Waals surface area contributed by atoms with Crippen LogP contribution in [0.2, 0.25) is 0 Å². The van der Waals surface area contributed by atoms with Crippen LogP contribution in [0.5, 0.6) is 5.75 Å². The summed E-state index contributed by atoms with van der Waals surface area (Å²) in [7, 11) is 1.10. The molecule has 1 aliphatic heterocycles. The Morgan fingerprint density at radius 3 is 2.25 bits per heavy atom. The van der Waals surface area contributed by atoms with Crippen LogP contribution in [0.1, 0.15) is 19.4 Å². The number of carbonyl (C=O) groups is 2. The zero-order valence-corrected chi connectivity index (χ0v) is 13.0. The molecule has 1 aromatic rings. The predicted octanol–water partition coefficient (Wildman–Crippen LogP) is 2.85. The lowest BCUT2D eigenvalue weighted by Gasteiger charge is -2.29. The van der Waals surface area contributed by atoms with Crippen molar-refractivity contribution in [3.05, 3.63) is 35.5 Å². The summed E-state index contributed by atoms with van der Waals surface area (Å²) in [6, 6.07) is 3.61. The summed E-state index contributed by atoms with van der Waals surface area (Å²) < 4.78 is 54.0. The Hall–Kier alpha value is -2.71. The van der Waals surface area contributed by atoms with Gasteiger partial charge in [0.15, 0.2) is 5.57 Å². The first-order valence-corrected chi connectivity index (χ1v) is 6.73. The molecular formula is C15H14F3NO5. The van der Waals surface area contributed by atoms with Crippen molar-refractivity contribution in [3.8, 4) is 5.75 Å². The number of halogens is 3. The van der Waals surface area contributed by atoms with Gasteiger partial charge in [0.05, 0.1) is 12.8 Å². The van der Waals surface area contributed by atoms with E-state index in [0.717, 1.165) is 25.4 Å². The first-order valence-electron chi connectivity index (χ1n) is 6.73. The van der Waals surface area contributed by atoms with E-state index in [1.807, 2.05) is 0 Å². The maximum absolute atomic E-state index is 13.2. The van der Waals surface area contributed by atoms with E-state index in [1.54, 1.807) is 0 Å². The van der Waals surface area contributed by atoms with Crippen molar-refractivity contribution >= 4 is 17.6 Å². The Labute approximate surface area is 135 Å². The van der Waals surface area contributed by atoms with Crippen molar-refractivity contribution in [1.29, 1.82) is 0 Å². The molecule has 0 saturated carbocycles. The van der Waals surface area contributed by atoms with Crippen LogP contribution in [-0.2, 0) is 25.2 Å². The number of cyclic esters (lactones) is 2. The molecule has 0 amide bonds. The number of benzene rings is 1. The SMILES string of the molecule is COc1cccc(NC=C2C(=O)OC(C)(C)OC2=O)c1C(F)(F)F. The second kappa shape index (κ2) is 6.06. The molecule has 2 rings (SSSR count). The minimum Gasteiger partial charge on any atom is -0.496 e. The van der Waals surface area contributed by atoms with Crippen molar-refractivity contribution in [2.75, 3.05) is 12.4 Å². The average Bonchev–Trinajstić information content (AvgIpc) is 2.43. The maximum Gasteiger partial charge on any atom is 0.421 e. The summed E-state index contributed by atoms with van der Waals surface area (Å²) in [5, 5.41) is 2.29. The summed E-state index contributed by atoms with van der Waals surface area (Å²) >= 11 is 0. The van der Waals surface area contributed by atoms with E-state index >= 15 is 0 Å². The standard InChI is InChI=1S/C15H14F3NO5/c1-14(2)23-12(20)8(13(21)24-14)7-19-9-5-4-6-10(22-3)11(9)15(16,17)18/h4-7,19H,1-3H3. The fourth-order valence-electron chi connectivity index (χ4n) is 2.04. The number of carbonyl (C=O) groups excluding carboxylic acids is 2. The van der Waals surface area contributed by atoms with Crippen LogP contribution in [0.3, 0.4) is 0 Å². The first kappa shape index (κ1) is 17.6. The fraction of sp³-hybridized carbons (Fsp3) is 0.333. The molecule has 1 fully saturated rings. The normalized spacial score (nSPS) is 17.0. The Kier molecular flexibility index (Phi) is 4.46. The van der Waals surface area contributed by atoms with Gasteiger partial charge in [0.2, 0.25) is 0 Å². The molecule has 1 saturated heterocycles. The highest BCUT2D eigenvalue weighted by atomic mass is 19.4. The summed E-state index contributed by atoms with van der Waals surface area (Å²) in [5.41, 5.74) is -2.01. The third kappa shape index (κ3) is 3.61. The average molecular weight is 345 g/mol. The number of anilines is 1. The third-order valence-electron chi connectivity index (χ3n) is 3.02. The molecule has 6 nitrogen and oxygen atoms in total. The van der Waals surface area contributed by atoms with Gasteiger partial charge >= 0.3 is 18.1 Å². The van der Waals surface area contributed by atoms with Gasteiger partial charge in [-0.3, -0.25) is 0 Å². The molecular weight excluding hydrogens is 331 g/mol. The topological polar surface area (TPSA) is 73.9 Å². The number of hydrogen-bond donors (Lipinski definition) is 1. The lowest BCUT2D eigenvalue weighted by Crippen LogP contribution is -2.42. The van der Waals surface area contributed by atoms with Crippen molar-refractivity contribution in [2.45, 2.75) is 25.8 Å². The molecule has 0 aromatic heterocycles. The molecule has 0 atom stereocenters. The number of nitrogens with one attached hydrogen (secondary N) is 1. The van der Waals surface area contributed by atoms with E-state index < -0.39 is 40.8 Å². The molecule has 0 radical (unpaired) electrons. The molecule has 0 spiro atoms. The van der Waals surface area contributed by atoms with Gasteiger partial charge < -0.3 is 19.5 Å². The highest BCUT2D eigenvalue weighted by Gasteiger charge is 2.40. The van der Waals surface area contributed by atoms with Crippen molar-refractivity contribution < 1.29 is 37.0 Å². The van der Waals surface area contributed by atoms with Crippen molar-refractivity contribution in [2.24, 2.45) is 0 Å². The van der Waals surface area contributed by atoms with E-state index in [9.17, 15) is 22.8 Å². The number of esters is 2. The fourth-order valence-corrected chi connectivity index (χ4v) is 2.04. The van der Waals surface area contributed by atoms with E-state index in [4.69, 9.17) is 14.2 Å². The van der Waals surface area contributed by atoms with E-state index in [-0.39, 0.29) is 5.69 Å². The lowest BCUT2D eigenvalue weighted by molar-refractivity contribution is -0.222. The molecule has 0 unspecified atom stereocenters. The van der Waals surface area contributed by atoms with Crippen molar-refractivity contribution in [3.63, 3.8) is 0 Å². The second-order valence-corrected chi connectivity index (χ2v) is 5.26. The first-order chi connectivity index (χ1) is 11.0. The van der Waals surface area contributed by atoms with Crippen LogP contribution in [0.15, 0.2) is 30.0 Å². The van der Waals surface area contributed by atoms with Crippen LogP contribution in [-0.4, -0.2) is 24.8 Å². The molecule has 1 aromatic carbocycles. The van der Waals surface area contributed by atoms with E-state index in [1.165, 1.54) is 19.9 Å². The van der Waals surface area contributed by atoms with Gasteiger partial charge in [-0.1, -0.05) is 6.07 Å². The van der Waals surface area contributed by atoms with Gasteiger partial charge in [-0.2, -0.15) is 13.2 Å². The highest BCUT2D eigenvalue weighted by molar-refractivity contribution is 6.15. The number of hydrogen-bond acceptors (Lipinski definition) is 6. The number of methoxy groups -OCH3 is 1. The zero-order valence-electron chi connectivity index (χ0n) is 13.0. The molecule has 0 bridgehead atoms. The number of alkyl halides is 3. The van der Waals surface area contributed by atoms with Gasteiger partial charge in [-0.25, -0.2) is 9.59 Å². The maximum atomic E-state index is 13.2. The molecule has 1 N–H and O–H groups in total. The van der Waals surface area contributed by atoms with Crippen LogP contribution < -0.4 is 10.1 Å². The van der Waals surface area contributed by atoms with Crippen molar-refractivity contribution in [1.82, 2.24) is 0 Å².